The van der Waals surface area contributed by atoms with Crippen molar-refractivity contribution in [1.82, 2.24) is 0 Å². The van der Waals surface area contributed by atoms with Crippen molar-refractivity contribution < 1.29 is 9.53 Å². The minimum Gasteiger partial charge on any atom is -0.373 e. The minimum atomic E-state index is -0.0471. The molecule has 0 saturated heterocycles. The molecular formula is C15H21ClO2. The van der Waals surface area contributed by atoms with Crippen molar-refractivity contribution in [2.24, 2.45) is 0 Å². The standard InChI is InChI=1S/C15H21ClO2/c1-2-3-4-5-8-11-18-12-15(17)13-9-6-7-10-14(13)16/h6-7,9-10H,2-5,8,11-12H2,1H3. The van der Waals surface area contributed by atoms with Crippen LogP contribution in [0.2, 0.25) is 5.02 Å². The van der Waals surface area contributed by atoms with E-state index in [9.17, 15) is 4.79 Å². The van der Waals surface area contributed by atoms with Gasteiger partial charge >= 0.3 is 0 Å². The first-order valence-corrected chi connectivity index (χ1v) is 6.99. The molecule has 3 heteroatoms. The van der Waals surface area contributed by atoms with Gasteiger partial charge < -0.3 is 4.74 Å². The summed E-state index contributed by atoms with van der Waals surface area (Å²) in [6.07, 6.45) is 5.96. The molecule has 1 aromatic carbocycles. The molecule has 0 bridgehead atoms. The fraction of sp³-hybridized carbons (Fsp3) is 0.533. The lowest BCUT2D eigenvalue weighted by molar-refractivity contribution is 0.0752. The molecule has 0 spiro atoms. The molecule has 0 amide bonds. The fourth-order valence-electron chi connectivity index (χ4n) is 1.74. The maximum absolute atomic E-state index is 11.8. The average Bonchev–Trinajstić information content (AvgIpc) is 2.38. The number of hydrogen-bond acceptors (Lipinski definition) is 2. The van der Waals surface area contributed by atoms with Gasteiger partial charge in [0.1, 0.15) is 6.61 Å². The number of halogens is 1. The quantitative estimate of drug-likeness (QED) is 0.487. The zero-order chi connectivity index (χ0) is 13.2. The smallest absolute Gasteiger partial charge is 0.189 e. The first-order chi connectivity index (χ1) is 8.75. The van der Waals surface area contributed by atoms with Gasteiger partial charge in [-0.3, -0.25) is 4.79 Å². The van der Waals surface area contributed by atoms with Crippen LogP contribution >= 0.6 is 11.6 Å². The maximum atomic E-state index is 11.8. The molecule has 0 aromatic heterocycles. The molecular weight excluding hydrogens is 248 g/mol. The Balaban J connectivity index is 2.16. The lowest BCUT2D eigenvalue weighted by atomic mass is 10.1. The van der Waals surface area contributed by atoms with E-state index in [2.05, 4.69) is 6.92 Å². The van der Waals surface area contributed by atoms with E-state index < -0.39 is 0 Å². The highest BCUT2D eigenvalue weighted by molar-refractivity contribution is 6.34. The molecule has 1 rings (SSSR count). The van der Waals surface area contributed by atoms with Crippen molar-refractivity contribution in [3.05, 3.63) is 34.9 Å². The summed E-state index contributed by atoms with van der Waals surface area (Å²) in [5.74, 6) is -0.0471. The lowest BCUT2D eigenvalue weighted by Crippen LogP contribution is -2.10. The number of carbonyl (C=O) groups is 1. The summed E-state index contributed by atoms with van der Waals surface area (Å²) in [7, 11) is 0. The number of rotatable bonds is 9. The lowest BCUT2D eigenvalue weighted by Gasteiger charge is -2.05. The Kier molecular flexibility index (Phi) is 7.70. The summed E-state index contributed by atoms with van der Waals surface area (Å²) in [6.45, 7) is 2.97. The maximum Gasteiger partial charge on any atom is 0.189 e. The van der Waals surface area contributed by atoms with Crippen LogP contribution in [0.15, 0.2) is 24.3 Å². The Hall–Kier alpha value is -0.860. The molecule has 0 fully saturated rings. The van der Waals surface area contributed by atoms with E-state index in [0.29, 0.717) is 17.2 Å². The van der Waals surface area contributed by atoms with Gasteiger partial charge in [-0.25, -0.2) is 0 Å². The molecule has 0 aliphatic carbocycles. The van der Waals surface area contributed by atoms with Gasteiger partial charge in [0, 0.05) is 12.2 Å². The van der Waals surface area contributed by atoms with Crippen LogP contribution in [0.25, 0.3) is 0 Å². The Morgan fingerprint density at radius 3 is 2.61 bits per heavy atom. The zero-order valence-electron chi connectivity index (χ0n) is 11.0. The van der Waals surface area contributed by atoms with Gasteiger partial charge in [0.25, 0.3) is 0 Å². The number of ether oxygens (including phenoxy) is 1. The van der Waals surface area contributed by atoms with E-state index in [-0.39, 0.29) is 12.4 Å². The van der Waals surface area contributed by atoms with Gasteiger partial charge in [0.05, 0.1) is 5.02 Å². The number of Topliss-reactive ketones (excluding diaryl/α,β-unsaturated/α-hetero) is 1. The van der Waals surface area contributed by atoms with E-state index in [1.165, 1.54) is 25.7 Å². The number of unbranched alkanes of at least 4 members (excludes halogenated alkanes) is 4. The van der Waals surface area contributed by atoms with Crippen LogP contribution in [0, 0.1) is 0 Å². The third-order valence-electron chi connectivity index (χ3n) is 2.80. The van der Waals surface area contributed by atoms with E-state index in [1.807, 2.05) is 12.1 Å². The molecule has 0 N–H and O–H groups in total. The SMILES string of the molecule is CCCCCCCOCC(=O)c1ccccc1Cl. The van der Waals surface area contributed by atoms with Gasteiger partial charge in [-0.15, -0.1) is 0 Å². The normalized spacial score (nSPS) is 10.6. The largest absolute Gasteiger partial charge is 0.373 e. The molecule has 0 aliphatic rings. The number of ketones is 1. The van der Waals surface area contributed by atoms with Crippen molar-refractivity contribution in [2.45, 2.75) is 39.0 Å². The third-order valence-corrected chi connectivity index (χ3v) is 3.13. The zero-order valence-corrected chi connectivity index (χ0v) is 11.7. The van der Waals surface area contributed by atoms with Crippen LogP contribution in [0.4, 0.5) is 0 Å². The second-order valence-electron chi connectivity index (χ2n) is 4.37. The minimum absolute atomic E-state index is 0.0471. The molecule has 0 radical (unpaired) electrons. The van der Waals surface area contributed by atoms with Crippen LogP contribution in [-0.2, 0) is 4.74 Å². The molecule has 0 saturated carbocycles. The van der Waals surface area contributed by atoms with Gasteiger partial charge in [0.2, 0.25) is 0 Å². The molecule has 18 heavy (non-hydrogen) atoms. The van der Waals surface area contributed by atoms with Gasteiger partial charge in [0.15, 0.2) is 5.78 Å². The average molecular weight is 269 g/mol. The van der Waals surface area contributed by atoms with Crippen LogP contribution in [0.3, 0.4) is 0 Å². The Morgan fingerprint density at radius 1 is 1.17 bits per heavy atom. The molecule has 0 heterocycles. The van der Waals surface area contributed by atoms with Crippen LogP contribution in [0.1, 0.15) is 49.4 Å². The van der Waals surface area contributed by atoms with Gasteiger partial charge in [-0.2, -0.15) is 0 Å². The van der Waals surface area contributed by atoms with Gasteiger partial charge in [-0.05, 0) is 18.6 Å². The summed E-state index contributed by atoms with van der Waals surface area (Å²) in [6, 6.07) is 7.08. The monoisotopic (exact) mass is 268 g/mol. The predicted molar refractivity (Wildman–Crippen MR) is 75.4 cm³/mol. The second kappa shape index (κ2) is 9.12. The fourth-order valence-corrected chi connectivity index (χ4v) is 1.98. The summed E-state index contributed by atoms with van der Waals surface area (Å²) in [5, 5.41) is 0.494. The number of hydrogen-bond donors (Lipinski definition) is 0. The number of carbonyl (C=O) groups excluding carboxylic acids is 1. The van der Waals surface area contributed by atoms with Gasteiger partial charge in [-0.1, -0.05) is 56.3 Å². The molecule has 0 aliphatic heterocycles. The Morgan fingerprint density at radius 2 is 1.89 bits per heavy atom. The van der Waals surface area contributed by atoms with Crippen molar-refractivity contribution in [1.29, 1.82) is 0 Å². The first-order valence-electron chi connectivity index (χ1n) is 6.61. The van der Waals surface area contributed by atoms with Crippen LogP contribution < -0.4 is 0 Å². The number of benzene rings is 1. The van der Waals surface area contributed by atoms with E-state index >= 15 is 0 Å². The van der Waals surface area contributed by atoms with Crippen molar-refractivity contribution in [3.63, 3.8) is 0 Å². The summed E-state index contributed by atoms with van der Waals surface area (Å²) in [5.41, 5.74) is 0.546. The van der Waals surface area contributed by atoms with Crippen LogP contribution in [-0.4, -0.2) is 19.0 Å². The van der Waals surface area contributed by atoms with Crippen molar-refractivity contribution in [2.75, 3.05) is 13.2 Å². The van der Waals surface area contributed by atoms with E-state index in [0.717, 1.165) is 6.42 Å². The molecule has 2 nitrogen and oxygen atoms in total. The van der Waals surface area contributed by atoms with Crippen LogP contribution in [0.5, 0.6) is 0 Å². The summed E-state index contributed by atoms with van der Waals surface area (Å²) in [4.78, 5) is 11.8. The topological polar surface area (TPSA) is 26.3 Å². The van der Waals surface area contributed by atoms with Crippen molar-refractivity contribution in [3.8, 4) is 0 Å². The predicted octanol–water partition coefficient (Wildman–Crippen LogP) is 4.51. The highest BCUT2D eigenvalue weighted by Gasteiger charge is 2.09. The summed E-state index contributed by atoms with van der Waals surface area (Å²) < 4.78 is 5.38. The Labute approximate surface area is 114 Å². The molecule has 0 unspecified atom stereocenters. The molecule has 1 aromatic rings. The molecule has 0 atom stereocenters. The van der Waals surface area contributed by atoms with E-state index in [1.54, 1.807) is 12.1 Å². The highest BCUT2D eigenvalue weighted by atomic mass is 35.5. The first kappa shape index (κ1) is 15.2. The Bertz CT molecular complexity index is 363. The second-order valence-corrected chi connectivity index (χ2v) is 4.78. The molecule has 100 valence electrons. The summed E-state index contributed by atoms with van der Waals surface area (Å²) >= 11 is 5.94. The highest BCUT2D eigenvalue weighted by Crippen LogP contribution is 2.15. The third kappa shape index (κ3) is 5.65. The van der Waals surface area contributed by atoms with E-state index in [4.69, 9.17) is 16.3 Å². The van der Waals surface area contributed by atoms with Crippen molar-refractivity contribution >= 4 is 17.4 Å².